The molecule has 1 fully saturated rings. The fourth-order valence-electron chi connectivity index (χ4n) is 4.01. The number of carbonyl (C=O) groups excluding carboxylic acids is 1. The van der Waals surface area contributed by atoms with Crippen molar-refractivity contribution in [2.24, 2.45) is 0 Å². The molecule has 3 aromatic carbocycles. The molecule has 0 atom stereocenters. The van der Waals surface area contributed by atoms with Crippen LogP contribution in [0.5, 0.6) is 11.5 Å². The Morgan fingerprint density at radius 1 is 1.00 bits per heavy atom. The van der Waals surface area contributed by atoms with Gasteiger partial charge in [-0.2, -0.15) is 0 Å². The summed E-state index contributed by atoms with van der Waals surface area (Å²) in [5, 5.41) is 3.82. The highest BCUT2D eigenvalue weighted by molar-refractivity contribution is 6.36. The van der Waals surface area contributed by atoms with Crippen LogP contribution in [0.1, 0.15) is 11.1 Å². The first kappa shape index (κ1) is 27.1. The van der Waals surface area contributed by atoms with Crippen LogP contribution in [0.15, 0.2) is 66.7 Å². The van der Waals surface area contributed by atoms with Gasteiger partial charge in [0, 0.05) is 37.7 Å². The minimum atomic E-state index is -0.250. The van der Waals surface area contributed by atoms with Crippen molar-refractivity contribution >= 4 is 34.9 Å². The minimum Gasteiger partial charge on any atom is -0.493 e. The number of halogens is 2. The molecule has 0 radical (unpaired) electrons. The predicted octanol–water partition coefficient (Wildman–Crippen LogP) is 5.95. The normalized spacial score (nSPS) is 13.7. The topological polar surface area (TPSA) is 63.3 Å². The molecule has 196 valence electrons. The van der Waals surface area contributed by atoms with Crippen molar-refractivity contribution < 1.29 is 19.0 Å². The Kier molecular flexibility index (Phi) is 9.91. The summed E-state index contributed by atoms with van der Waals surface area (Å²) in [4.78, 5) is 17.4. The third kappa shape index (κ3) is 8.01. The molecule has 7 nitrogen and oxygen atoms in total. The number of nitrogens with one attached hydrogen (secondary N) is 1. The Labute approximate surface area is 227 Å². The summed E-state index contributed by atoms with van der Waals surface area (Å²) in [6, 6.07) is 20.4. The van der Waals surface area contributed by atoms with Crippen LogP contribution in [0.4, 0.5) is 10.5 Å². The molecule has 0 spiro atoms. The molecule has 2 amide bonds. The van der Waals surface area contributed by atoms with Crippen molar-refractivity contribution in [3.63, 3.8) is 0 Å². The van der Waals surface area contributed by atoms with Crippen molar-refractivity contribution in [1.82, 2.24) is 9.80 Å². The molecule has 0 aromatic heterocycles. The number of carbonyl (C=O) groups is 1. The zero-order valence-electron chi connectivity index (χ0n) is 20.8. The number of hydrogen-bond acceptors (Lipinski definition) is 5. The number of urea groups is 1. The largest absolute Gasteiger partial charge is 0.493 e. The van der Waals surface area contributed by atoms with Crippen LogP contribution < -0.4 is 14.8 Å². The van der Waals surface area contributed by atoms with E-state index >= 15 is 0 Å². The average molecular weight is 544 g/mol. The highest BCUT2D eigenvalue weighted by atomic mass is 35.5. The van der Waals surface area contributed by atoms with E-state index < -0.39 is 0 Å². The van der Waals surface area contributed by atoms with Gasteiger partial charge in [0.1, 0.15) is 6.61 Å². The fraction of sp³-hybridized carbons (Fsp3) is 0.321. The van der Waals surface area contributed by atoms with Crippen LogP contribution in [-0.4, -0.2) is 62.3 Å². The van der Waals surface area contributed by atoms with Gasteiger partial charge in [-0.1, -0.05) is 59.6 Å². The van der Waals surface area contributed by atoms with Crippen LogP contribution in [-0.2, 0) is 17.9 Å². The number of hydrogen-bond donors (Lipinski definition) is 1. The molecule has 1 aliphatic rings. The summed E-state index contributed by atoms with van der Waals surface area (Å²) < 4.78 is 17.0. The molecule has 37 heavy (non-hydrogen) atoms. The van der Waals surface area contributed by atoms with Crippen molar-refractivity contribution in [2.75, 3.05) is 51.8 Å². The van der Waals surface area contributed by atoms with Gasteiger partial charge in [-0.05, 0) is 41.5 Å². The van der Waals surface area contributed by atoms with Crippen molar-refractivity contribution in [3.05, 3.63) is 87.9 Å². The molecule has 1 saturated heterocycles. The quantitative estimate of drug-likeness (QED) is 0.342. The van der Waals surface area contributed by atoms with E-state index in [1.165, 1.54) is 0 Å². The van der Waals surface area contributed by atoms with Crippen molar-refractivity contribution in [2.45, 2.75) is 13.2 Å². The smallest absolute Gasteiger partial charge is 0.322 e. The third-order valence-electron chi connectivity index (χ3n) is 6.09. The van der Waals surface area contributed by atoms with E-state index in [9.17, 15) is 4.79 Å². The summed E-state index contributed by atoms with van der Waals surface area (Å²) >= 11 is 12.3. The highest BCUT2D eigenvalue weighted by Gasteiger charge is 2.19. The summed E-state index contributed by atoms with van der Waals surface area (Å²) in [6.07, 6.45) is 0. The third-order valence-corrected chi connectivity index (χ3v) is 6.64. The monoisotopic (exact) mass is 543 g/mol. The minimum absolute atomic E-state index is 0.250. The number of anilines is 1. The van der Waals surface area contributed by atoms with E-state index in [2.05, 4.69) is 10.2 Å². The number of amides is 2. The van der Waals surface area contributed by atoms with Crippen LogP contribution in [0.25, 0.3) is 0 Å². The van der Waals surface area contributed by atoms with Crippen molar-refractivity contribution in [1.29, 1.82) is 0 Å². The Balaban J connectivity index is 1.49. The van der Waals surface area contributed by atoms with Gasteiger partial charge < -0.3 is 24.4 Å². The summed E-state index contributed by atoms with van der Waals surface area (Å²) in [6.45, 7) is 5.16. The second-order valence-corrected chi connectivity index (χ2v) is 9.53. The zero-order chi connectivity index (χ0) is 26.0. The maximum absolute atomic E-state index is 13.4. The Hall–Kier alpha value is -2.97. The number of morpholine rings is 1. The first-order chi connectivity index (χ1) is 18.0. The van der Waals surface area contributed by atoms with Crippen LogP contribution in [0.2, 0.25) is 10.0 Å². The van der Waals surface area contributed by atoms with E-state index in [0.29, 0.717) is 60.1 Å². The molecule has 0 unspecified atom stereocenters. The van der Waals surface area contributed by atoms with Crippen LogP contribution in [0, 0.1) is 0 Å². The highest BCUT2D eigenvalue weighted by Crippen LogP contribution is 2.30. The number of rotatable bonds is 10. The maximum atomic E-state index is 13.4. The van der Waals surface area contributed by atoms with E-state index in [4.69, 9.17) is 37.4 Å². The molecular weight excluding hydrogens is 513 g/mol. The Morgan fingerprint density at radius 2 is 1.78 bits per heavy atom. The lowest BCUT2D eigenvalue weighted by molar-refractivity contribution is 0.0349. The van der Waals surface area contributed by atoms with Crippen LogP contribution in [0.3, 0.4) is 0 Å². The molecular formula is C28H31Cl2N3O4. The number of ether oxygens (including phenoxy) is 3. The molecule has 3 aromatic rings. The summed E-state index contributed by atoms with van der Waals surface area (Å²) in [5.74, 6) is 1.26. The van der Waals surface area contributed by atoms with E-state index in [0.717, 1.165) is 30.8 Å². The lowest BCUT2D eigenvalue weighted by atomic mass is 10.2. The number of benzene rings is 3. The number of methoxy groups -OCH3 is 1. The molecule has 0 bridgehead atoms. The Bertz CT molecular complexity index is 1170. The molecule has 4 rings (SSSR count). The first-order valence-corrected chi connectivity index (χ1v) is 12.9. The zero-order valence-corrected chi connectivity index (χ0v) is 22.3. The molecule has 1 N–H and O–H groups in total. The van der Waals surface area contributed by atoms with Gasteiger partial charge in [0.2, 0.25) is 0 Å². The first-order valence-electron chi connectivity index (χ1n) is 12.2. The van der Waals surface area contributed by atoms with Gasteiger partial charge in [-0.15, -0.1) is 0 Å². The Morgan fingerprint density at radius 3 is 2.51 bits per heavy atom. The maximum Gasteiger partial charge on any atom is 0.322 e. The van der Waals surface area contributed by atoms with Gasteiger partial charge in [-0.25, -0.2) is 4.79 Å². The van der Waals surface area contributed by atoms with E-state index in [-0.39, 0.29) is 6.03 Å². The SMILES string of the molecule is COc1ccc(CN(CCN2CCOCC2)C(=O)Nc2ccc(Cl)cc2Cl)cc1OCc1ccccc1. The number of nitrogens with zero attached hydrogens (tertiary/aromatic N) is 2. The molecule has 1 heterocycles. The predicted molar refractivity (Wildman–Crippen MR) is 147 cm³/mol. The lowest BCUT2D eigenvalue weighted by Crippen LogP contribution is -2.44. The summed E-state index contributed by atoms with van der Waals surface area (Å²) in [5.41, 5.74) is 2.48. The van der Waals surface area contributed by atoms with Gasteiger partial charge in [0.25, 0.3) is 0 Å². The van der Waals surface area contributed by atoms with Crippen molar-refractivity contribution in [3.8, 4) is 11.5 Å². The second-order valence-electron chi connectivity index (χ2n) is 8.69. The molecule has 0 saturated carbocycles. The molecule has 1 aliphatic heterocycles. The molecule has 0 aliphatic carbocycles. The van der Waals surface area contributed by atoms with Gasteiger partial charge in [-0.3, -0.25) is 4.90 Å². The molecule has 9 heteroatoms. The second kappa shape index (κ2) is 13.5. The van der Waals surface area contributed by atoms with Gasteiger partial charge in [0.15, 0.2) is 11.5 Å². The fourth-order valence-corrected chi connectivity index (χ4v) is 4.47. The van der Waals surface area contributed by atoms with Gasteiger partial charge in [0.05, 0.1) is 31.0 Å². The standard InChI is InChI=1S/C28H31Cl2N3O4/c1-35-26-10-7-22(17-27(26)37-20-21-5-3-2-4-6-21)19-33(12-11-32-13-15-36-16-14-32)28(34)31-25-9-8-23(29)18-24(25)30/h2-10,17-18H,11-16,19-20H2,1H3,(H,31,34). The van der Waals surface area contributed by atoms with E-state index in [1.807, 2.05) is 48.5 Å². The average Bonchev–Trinajstić information content (AvgIpc) is 2.92. The summed E-state index contributed by atoms with van der Waals surface area (Å²) in [7, 11) is 1.61. The van der Waals surface area contributed by atoms with Crippen LogP contribution >= 0.6 is 23.2 Å². The van der Waals surface area contributed by atoms with E-state index in [1.54, 1.807) is 30.2 Å². The lowest BCUT2D eigenvalue weighted by Gasteiger charge is -2.30. The van der Waals surface area contributed by atoms with Gasteiger partial charge >= 0.3 is 6.03 Å².